The molecule has 1 aliphatic heterocycles. The van der Waals surface area contributed by atoms with E-state index in [1.807, 2.05) is 12.3 Å². The molecule has 2 unspecified atom stereocenters. The Kier molecular flexibility index (Phi) is 2.47. The van der Waals surface area contributed by atoms with Crippen LogP contribution in [0.25, 0.3) is 0 Å². The molecular weight excluding hydrogens is 174 g/mol. The fourth-order valence-corrected chi connectivity index (χ4v) is 1.89. The van der Waals surface area contributed by atoms with E-state index in [0.29, 0.717) is 0 Å². The molecule has 1 aromatic heterocycles. The van der Waals surface area contributed by atoms with E-state index in [2.05, 4.69) is 29.4 Å². The highest BCUT2D eigenvalue weighted by molar-refractivity contribution is 5.22. The molecule has 14 heavy (non-hydrogen) atoms. The van der Waals surface area contributed by atoms with Crippen LogP contribution in [0.4, 0.5) is 0 Å². The first-order chi connectivity index (χ1) is 6.81. The molecule has 0 radical (unpaired) electrons. The molecule has 0 aliphatic carbocycles. The molecule has 1 aromatic rings. The fourth-order valence-electron chi connectivity index (χ4n) is 1.89. The molecule has 2 heterocycles. The smallest absolute Gasteiger partial charge is 0.0683 e. The van der Waals surface area contributed by atoms with Gasteiger partial charge >= 0.3 is 0 Å². The van der Waals surface area contributed by atoms with Gasteiger partial charge in [0.05, 0.1) is 12.0 Å². The van der Waals surface area contributed by atoms with Crippen molar-refractivity contribution < 1.29 is 0 Å². The third kappa shape index (κ3) is 1.61. The molecule has 0 amide bonds. The van der Waals surface area contributed by atoms with Crippen LogP contribution in [-0.4, -0.2) is 18.1 Å². The average molecular weight is 187 g/mol. The predicted molar refractivity (Wildman–Crippen MR) is 53.7 cm³/mol. The van der Waals surface area contributed by atoms with Gasteiger partial charge < -0.3 is 5.32 Å². The Bertz CT molecular complexity index is 367. The van der Waals surface area contributed by atoms with E-state index in [4.69, 9.17) is 5.26 Å². The van der Waals surface area contributed by atoms with E-state index in [-0.39, 0.29) is 11.8 Å². The molecule has 1 fully saturated rings. The lowest BCUT2D eigenvalue weighted by atomic mass is 9.93. The van der Waals surface area contributed by atoms with E-state index in [0.717, 1.165) is 18.8 Å². The highest BCUT2D eigenvalue weighted by atomic mass is 14.9. The van der Waals surface area contributed by atoms with Gasteiger partial charge in [0, 0.05) is 30.9 Å². The zero-order valence-electron chi connectivity index (χ0n) is 8.20. The molecule has 3 nitrogen and oxygen atoms in total. The predicted octanol–water partition coefficient (Wildman–Crippen LogP) is 1.22. The summed E-state index contributed by atoms with van der Waals surface area (Å²) in [6, 6.07) is 6.38. The van der Waals surface area contributed by atoms with Crippen LogP contribution >= 0.6 is 0 Å². The number of nitriles is 1. The average Bonchev–Trinajstić information content (AvgIpc) is 2.65. The first-order valence-corrected chi connectivity index (χ1v) is 4.84. The molecule has 0 spiro atoms. The maximum Gasteiger partial charge on any atom is 0.0683 e. The van der Waals surface area contributed by atoms with E-state index >= 15 is 0 Å². The summed E-state index contributed by atoms with van der Waals surface area (Å²) in [6.45, 7) is 3.71. The van der Waals surface area contributed by atoms with Gasteiger partial charge in [0.25, 0.3) is 0 Å². The van der Waals surface area contributed by atoms with Crippen molar-refractivity contribution in [2.24, 2.45) is 5.92 Å². The van der Waals surface area contributed by atoms with Crippen LogP contribution < -0.4 is 5.32 Å². The number of hydrogen-bond donors (Lipinski definition) is 1. The Morgan fingerprint density at radius 2 is 2.43 bits per heavy atom. The van der Waals surface area contributed by atoms with Crippen LogP contribution in [0.3, 0.4) is 0 Å². The lowest BCUT2D eigenvalue weighted by Gasteiger charge is -2.11. The summed E-state index contributed by atoms with van der Waals surface area (Å²) in [7, 11) is 0. The number of aryl methyl sites for hydroxylation is 1. The number of nitrogens with zero attached hydrogens (tertiary/aromatic N) is 2. The number of hydrogen-bond acceptors (Lipinski definition) is 3. The maximum absolute atomic E-state index is 8.95. The van der Waals surface area contributed by atoms with E-state index < -0.39 is 0 Å². The Hall–Kier alpha value is -1.40. The lowest BCUT2D eigenvalue weighted by molar-refractivity contribution is 0.628. The molecule has 0 saturated carbocycles. The number of nitrogens with one attached hydrogen (secondary N) is 1. The van der Waals surface area contributed by atoms with Crippen molar-refractivity contribution in [3.63, 3.8) is 0 Å². The van der Waals surface area contributed by atoms with Crippen LogP contribution in [0.15, 0.2) is 18.3 Å². The van der Waals surface area contributed by atoms with Crippen molar-refractivity contribution in [3.05, 3.63) is 29.6 Å². The minimum Gasteiger partial charge on any atom is -0.315 e. The summed E-state index contributed by atoms with van der Waals surface area (Å²) in [6.07, 6.45) is 1.82. The maximum atomic E-state index is 8.95. The molecular formula is C11H13N3. The largest absolute Gasteiger partial charge is 0.315 e. The molecule has 2 rings (SSSR count). The van der Waals surface area contributed by atoms with Crippen molar-refractivity contribution in [2.45, 2.75) is 12.8 Å². The zero-order valence-corrected chi connectivity index (χ0v) is 8.20. The zero-order chi connectivity index (χ0) is 9.97. The molecule has 1 saturated heterocycles. The first-order valence-electron chi connectivity index (χ1n) is 4.84. The topological polar surface area (TPSA) is 48.7 Å². The normalized spacial score (nSPS) is 26.0. The van der Waals surface area contributed by atoms with Gasteiger partial charge in [-0.05, 0) is 24.6 Å². The van der Waals surface area contributed by atoms with Gasteiger partial charge in [-0.3, -0.25) is 4.98 Å². The van der Waals surface area contributed by atoms with Gasteiger partial charge in [0.1, 0.15) is 0 Å². The second-order valence-electron chi connectivity index (χ2n) is 3.76. The summed E-state index contributed by atoms with van der Waals surface area (Å²) in [5.74, 6) is 0.337. The molecule has 0 aromatic carbocycles. The highest BCUT2D eigenvalue weighted by Gasteiger charge is 2.29. The monoisotopic (exact) mass is 187 g/mol. The minimum atomic E-state index is 0.0734. The van der Waals surface area contributed by atoms with Gasteiger partial charge in [0.2, 0.25) is 0 Å². The van der Waals surface area contributed by atoms with Crippen LogP contribution in [0, 0.1) is 24.2 Å². The molecule has 1 N–H and O–H groups in total. The highest BCUT2D eigenvalue weighted by Crippen LogP contribution is 2.26. The van der Waals surface area contributed by atoms with E-state index in [1.54, 1.807) is 0 Å². The van der Waals surface area contributed by atoms with Gasteiger partial charge in [-0.2, -0.15) is 5.26 Å². The SMILES string of the molecule is Cc1ccnc(C2CNCC2C#N)c1. The third-order valence-electron chi connectivity index (χ3n) is 2.70. The first kappa shape index (κ1) is 9.17. The van der Waals surface area contributed by atoms with Gasteiger partial charge in [-0.15, -0.1) is 0 Å². The van der Waals surface area contributed by atoms with Gasteiger partial charge in [0.15, 0.2) is 0 Å². The third-order valence-corrected chi connectivity index (χ3v) is 2.70. The van der Waals surface area contributed by atoms with Crippen LogP contribution in [0.5, 0.6) is 0 Å². The second-order valence-corrected chi connectivity index (χ2v) is 3.76. The number of pyridine rings is 1. The summed E-state index contributed by atoms with van der Waals surface area (Å²) in [5, 5.41) is 12.2. The molecule has 72 valence electrons. The van der Waals surface area contributed by atoms with Gasteiger partial charge in [-0.25, -0.2) is 0 Å². The van der Waals surface area contributed by atoms with Crippen molar-refractivity contribution in [1.82, 2.24) is 10.3 Å². The lowest BCUT2D eigenvalue weighted by Crippen LogP contribution is -2.10. The molecule has 3 heteroatoms. The van der Waals surface area contributed by atoms with Gasteiger partial charge in [-0.1, -0.05) is 0 Å². The van der Waals surface area contributed by atoms with Crippen LogP contribution in [-0.2, 0) is 0 Å². The Balaban J connectivity index is 2.27. The Morgan fingerprint density at radius 1 is 1.57 bits per heavy atom. The summed E-state index contributed by atoms with van der Waals surface area (Å²) < 4.78 is 0. The van der Waals surface area contributed by atoms with Crippen molar-refractivity contribution in [1.29, 1.82) is 5.26 Å². The van der Waals surface area contributed by atoms with Crippen molar-refractivity contribution >= 4 is 0 Å². The summed E-state index contributed by atoms with van der Waals surface area (Å²) in [5.41, 5.74) is 2.25. The fraction of sp³-hybridized carbons (Fsp3) is 0.455. The standard InChI is InChI=1S/C11H13N3/c1-8-2-3-14-11(4-8)10-7-13-6-9(10)5-12/h2-4,9-10,13H,6-7H2,1H3. The van der Waals surface area contributed by atoms with E-state index in [9.17, 15) is 0 Å². The van der Waals surface area contributed by atoms with Crippen LogP contribution in [0.2, 0.25) is 0 Å². The minimum absolute atomic E-state index is 0.0734. The summed E-state index contributed by atoms with van der Waals surface area (Å²) >= 11 is 0. The number of rotatable bonds is 1. The Labute approximate surface area is 83.8 Å². The quantitative estimate of drug-likeness (QED) is 0.719. The summed E-state index contributed by atoms with van der Waals surface area (Å²) in [4.78, 5) is 4.33. The van der Waals surface area contributed by atoms with Crippen molar-refractivity contribution in [3.8, 4) is 6.07 Å². The van der Waals surface area contributed by atoms with Crippen LogP contribution in [0.1, 0.15) is 17.2 Å². The number of aromatic nitrogens is 1. The molecule has 2 atom stereocenters. The van der Waals surface area contributed by atoms with E-state index in [1.165, 1.54) is 5.56 Å². The Morgan fingerprint density at radius 3 is 3.14 bits per heavy atom. The second kappa shape index (κ2) is 3.77. The molecule has 0 bridgehead atoms. The van der Waals surface area contributed by atoms with Crippen molar-refractivity contribution in [2.75, 3.05) is 13.1 Å². The molecule has 1 aliphatic rings.